The van der Waals surface area contributed by atoms with Crippen LogP contribution in [0.2, 0.25) is 0 Å². The molecule has 2 bridgehead atoms. The molecule has 3 fully saturated rings. The van der Waals surface area contributed by atoms with Crippen LogP contribution in [-0.4, -0.2) is 30.6 Å². The molecule has 0 radical (unpaired) electrons. The monoisotopic (exact) mass is 408 g/mol. The fourth-order valence-corrected chi connectivity index (χ4v) is 4.00. The van der Waals surface area contributed by atoms with Crippen molar-refractivity contribution in [2.45, 2.75) is 39.0 Å². The summed E-state index contributed by atoms with van der Waals surface area (Å²) in [6.45, 7) is 7.51. The standard InChI is InChI=1S/C22H28N2O.2ClH/c1-17-2-4-19(5-3-17)16-25-21-8-6-18(7-9-21)14-23-22-15-24-12-10-20(22)11-13-24;;/h2-9,20,22-23H,10-16H2,1H3;2*1H. The van der Waals surface area contributed by atoms with Crippen LogP contribution in [0, 0.1) is 12.8 Å². The van der Waals surface area contributed by atoms with Gasteiger partial charge >= 0.3 is 0 Å². The second kappa shape index (κ2) is 10.3. The molecule has 2 aromatic carbocycles. The molecular weight excluding hydrogens is 379 g/mol. The van der Waals surface area contributed by atoms with Crippen molar-refractivity contribution in [1.82, 2.24) is 10.2 Å². The number of nitrogens with zero attached hydrogens (tertiary/aromatic N) is 1. The quantitative estimate of drug-likeness (QED) is 0.755. The molecule has 3 heterocycles. The molecule has 27 heavy (non-hydrogen) atoms. The van der Waals surface area contributed by atoms with Crippen LogP contribution in [-0.2, 0) is 13.2 Å². The Kier molecular flexibility index (Phi) is 8.43. The average Bonchev–Trinajstić information content (AvgIpc) is 2.68. The number of halogens is 2. The van der Waals surface area contributed by atoms with E-state index in [1.165, 1.54) is 49.2 Å². The van der Waals surface area contributed by atoms with Crippen LogP contribution in [0.15, 0.2) is 48.5 Å². The van der Waals surface area contributed by atoms with Crippen LogP contribution in [0.1, 0.15) is 29.5 Å². The molecule has 3 aliphatic rings. The number of nitrogens with one attached hydrogen (secondary N) is 1. The van der Waals surface area contributed by atoms with Crippen molar-refractivity contribution in [3.05, 3.63) is 65.2 Å². The largest absolute Gasteiger partial charge is 0.489 e. The Morgan fingerprint density at radius 1 is 0.926 bits per heavy atom. The molecule has 3 aliphatic heterocycles. The minimum Gasteiger partial charge on any atom is -0.489 e. The zero-order valence-electron chi connectivity index (χ0n) is 15.9. The molecule has 3 saturated heterocycles. The minimum atomic E-state index is 0. The number of ether oxygens (including phenoxy) is 1. The van der Waals surface area contributed by atoms with Gasteiger partial charge in [0.25, 0.3) is 0 Å². The maximum atomic E-state index is 5.89. The minimum absolute atomic E-state index is 0. The molecule has 0 amide bonds. The number of rotatable bonds is 6. The fraction of sp³-hybridized carbons (Fsp3) is 0.455. The highest BCUT2D eigenvalue weighted by Gasteiger charge is 2.33. The summed E-state index contributed by atoms with van der Waals surface area (Å²) < 4.78 is 5.89. The van der Waals surface area contributed by atoms with E-state index in [1.54, 1.807) is 0 Å². The van der Waals surface area contributed by atoms with Gasteiger partial charge in [0.2, 0.25) is 0 Å². The van der Waals surface area contributed by atoms with Crippen LogP contribution in [0.25, 0.3) is 0 Å². The first-order chi connectivity index (χ1) is 12.3. The van der Waals surface area contributed by atoms with Gasteiger partial charge in [-0.15, -0.1) is 24.8 Å². The van der Waals surface area contributed by atoms with Crippen molar-refractivity contribution in [2.75, 3.05) is 19.6 Å². The van der Waals surface area contributed by atoms with Crippen LogP contribution < -0.4 is 10.1 Å². The second-order valence-corrected chi connectivity index (χ2v) is 7.54. The smallest absolute Gasteiger partial charge is 0.119 e. The molecule has 2 aromatic rings. The third kappa shape index (κ3) is 5.86. The number of hydrogen-bond donors (Lipinski definition) is 1. The SMILES string of the molecule is Cc1ccc(COc2ccc(CNC3CN4CCC3CC4)cc2)cc1.Cl.Cl. The first-order valence-corrected chi connectivity index (χ1v) is 9.49. The van der Waals surface area contributed by atoms with Gasteiger partial charge in [-0.05, 0) is 62.0 Å². The Bertz CT molecular complexity index is 682. The fourth-order valence-electron chi connectivity index (χ4n) is 4.00. The molecule has 1 atom stereocenters. The maximum Gasteiger partial charge on any atom is 0.119 e. The molecule has 148 valence electrons. The van der Waals surface area contributed by atoms with Crippen molar-refractivity contribution in [3.8, 4) is 5.75 Å². The Labute approximate surface area is 175 Å². The summed E-state index contributed by atoms with van der Waals surface area (Å²) in [4.78, 5) is 2.60. The maximum absolute atomic E-state index is 5.89. The van der Waals surface area contributed by atoms with Crippen molar-refractivity contribution in [3.63, 3.8) is 0 Å². The number of fused-ring (bicyclic) bond motifs is 3. The first-order valence-electron chi connectivity index (χ1n) is 9.49. The van der Waals surface area contributed by atoms with Crippen LogP contribution in [0.5, 0.6) is 5.75 Å². The summed E-state index contributed by atoms with van der Waals surface area (Å²) in [7, 11) is 0. The zero-order chi connectivity index (χ0) is 17.1. The highest BCUT2D eigenvalue weighted by Crippen LogP contribution is 2.27. The first kappa shape index (κ1) is 22.0. The van der Waals surface area contributed by atoms with E-state index in [4.69, 9.17) is 4.74 Å². The third-order valence-corrected chi connectivity index (χ3v) is 5.67. The van der Waals surface area contributed by atoms with Crippen LogP contribution in [0.3, 0.4) is 0 Å². The summed E-state index contributed by atoms with van der Waals surface area (Å²) in [5, 5.41) is 3.77. The summed E-state index contributed by atoms with van der Waals surface area (Å²) in [6.07, 6.45) is 2.73. The predicted molar refractivity (Wildman–Crippen MR) is 116 cm³/mol. The molecule has 0 aromatic heterocycles. The second-order valence-electron chi connectivity index (χ2n) is 7.54. The van der Waals surface area contributed by atoms with E-state index < -0.39 is 0 Å². The van der Waals surface area contributed by atoms with Gasteiger partial charge in [-0.3, -0.25) is 0 Å². The Morgan fingerprint density at radius 2 is 1.56 bits per heavy atom. The van der Waals surface area contributed by atoms with Gasteiger partial charge < -0.3 is 15.0 Å². The lowest BCUT2D eigenvalue weighted by Gasteiger charge is -2.45. The molecular formula is C22H30Cl2N2O. The molecule has 5 rings (SSSR count). The molecule has 0 aliphatic carbocycles. The zero-order valence-corrected chi connectivity index (χ0v) is 17.5. The molecule has 3 nitrogen and oxygen atoms in total. The van der Waals surface area contributed by atoms with Crippen molar-refractivity contribution in [2.24, 2.45) is 5.92 Å². The number of benzene rings is 2. The predicted octanol–water partition coefficient (Wildman–Crippen LogP) is 4.60. The van der Waals surface area contributed by atoms with E-state index >= 15 is 0 Å². The summed E-state index contributed by atoms with van der Waals surface area (Å²) >= 11 is 0. The number of hydrogen-bond acceptors (Lipinski definition) is 3. The van der Waals surface area contributed by atoms with Crippen LogP contribution in [0.4, 0.5) is 0 Å². The Hall–Kier alpha value is -1.26. The van der Waals surface area contributed by atoms with Gasteiger partial charge in [-0.1, -0.05) is 42.0 Å². The normalized spacial score (nSPS) is 23.2. The van der Waals surface area contributed by atoms with Gasteiger partial charge in [-0.2, -0.15) is 0 Å². The van der Waals surface area contributed by atoms with E-state index in [2.05, 4.69) is 65.7 Å². The van der Waals surface area contributed by atoms with Crippen LogP contribution >= 0.6 is 24.8 Å². The van der Waals surface area contributed by atoms with E-state index in [9.17, 15) is 0 Å². The number of aryl methyl sites for hydroxylation is 1. The highest BCUT2D eigenvalue weighted by atomic mass is 35.5. The lowest BCUT2D eigenvalue weighted by atomic mass is 9.84. The van der Waals surface area contributed by atoms with Gasteiger partial charge in [0.15, 0.2) is 0 Å². The van der Waals surface area contributed by atoms with Gasteiger partial charge in [-0.25, -0.2) is 0 Å². The topological polar surface area (TPSA) is 24.5 Å². The average molecular weight is 409 g/mol. The highest BCUT2D eigenvalue weighted by molar-refractivity contribution is 5.85. The van der Waals surface area contributed by atoms with Gasteiger partial charge in [0.05, 0.1) is 0 Å². The third-order valence-electron chi connectivity index (χ3n) is 5.67. The molecule has 0 saturated carbocycles. The Balaban J connectivity index is 0.00000131. The summed E-state index contributed by atoms with van der Waals surface area (Å²) in [6, 6.07) is 17.7. The van der Waals surface area contributed by atoms with E-state index in [0.717, 1.165) is 18.2 Å². The van der Waals surface area contributed by atoms with E-state index in [0.29, 0.717) is 12.6 Å². The molecule has 1 unspecified atom stereocenters. The van der Waals surface area contributed by atoms with E-state index in [1.807, 2.05) is 0 Å². The number of piperidine rings is 3. The van der Waals surface area contributed by atoms with Gasteiger partial charge in [0, 0.05) is 19.1 Å². The lowest BCUT2D eigenvalue weighted by molar-refractivity contribution is 0.0720. The van der Waals surface area contributed by atoms with Gasteiger partial charge in [0.1, 0.15) is 12.4 Å². The summed E-state index contributed by atoms with van der Waals surface area (Å²) in [5.74, 6) is 1.81. The van der Waals surface area contributed by atoms with E-state index in [-0.39, 0.29) is 24.8 Å². The van der Waals surface area contributed by atoms with Crippen molar-refractivity contribution in [1.29, 1.82) is 0 Å². The molecule has 1 N–H and O–H groups in total. The van der Waals surface area contributed by atoms with Crippen molar-refractivity contribution < 1.29 is 4.74 Å². The molecule has 0 spiro atoms. The summed E-state index contributed by atoms with van der Waals surface area (Å²) in [5.41, 5.74) is 3.82. The van der Waals surface area contributed by atoms with Crippen molar-refractivity contribution >= 4 is 24.8 Å². The lowest BCUT2D eigenvalue weighted by Crippen LogP contribution is -2.55. The Morgan fingerprint density at radius 3 is 2.15 bits per heavy atom. The molecule has 5 heteroatoms.